The van der Waals surface area contributed by atoms with Crippen molar-refractivity contribution in [3.05, 3.63) is 53.3 Å². The molecule has 5 nitrogen and oxygen atoms in total. The number of benzene rings is 1. The standard InChI is InChI=1S/C11H8BrIN2O3/c1-18-10-7(12)4-6(5-8(10)13)15-3-2-9(16)14-11(15)17/h2-5H,1H3,(H,14,16,17). The van der Waals surface area contributed by atoms with Crippen molar-refractivity contribution >= 4 is 38.5 Å². The largest absolute Gasteiger partial charge is 0.494 e. The van der Waals surface area contributed by atoms with Gasteiger partial charge in [0.1, 0.15) is 5.75 Å². The summed E-state index contributed by atoms with van der Waals surface area (Å²) in [4.78, 5) is 24.9. The number of rotatable bonds is 2. The highest BCUT2D eigenvalue weighted by Crippen LogP contribution is 2.32. The molecule has 18 heavy (non-hydrogen) atoms. The third kappa shape index (κ3) is 2.51. The van der Waals surface area contributed by atoms with Gasteiger partial charge in [0.2, 0.25) is 0 Å². The van der Waals surface area contributed by atoms with Gasteiger partial charge in [0.25, 0.3) is 5.56 Å². The Morgan fingerprint density at radius 3 is 2.67 bits per heavy atom. The molecule has 1 N–H and O–H groups in total. The van der Waals surface area contributed by atoms with Crippen LogP contribution in [0.3, 0.4) is 0 Å². The Bertz CT molecular complexity index is 685. The number of hydrogen-bond donors (Lipinski definition) is 1. The Hall–Kier alpha value is -1.09. The first-order valence-electron chi connectivity index (χ1n) is 4.88. The molecule has 1 heterocycles. The fraction of sp³-hybridized carbons (Fsp3) is 0.0909. The summed E-state index contributed by atoms with van der Waals surface area (Å²) >= 11 is 5.49. The van der Waals surface area contributed by atoms with E-state index in [9.17, 15) is 9.59 Å². The van der Waals surface area contributed by atoms with Crippen LogP contribution in [0.4, 0.5) is 0 Å². The van der Waals surface area contributed by atoms with E-state index in [1.54, 1.807) is 19.2 Å². The van der Waals surface area contributed by atoms with E-state index in [1.165, 1.54) is 16.8 Å². The van der Waals surface area contributed by atoms with E-state index >= 15 is 0 Å². The maximum Gasteiger partial charge on any atom is 0.332 e. The predicted octanol–water partition coefficient (Wildman–Crippen LogP) is 1.90. The molecule has 0 saturated carbocycles. The van der Waals surface area contributed by atoms with E-state index in [4.69, 9.17) is 4.74 Å². The first kappa shape index (κ1) is 13.3. The van der Waals surface area contributed by atoms with E-state index in [-0.39, 0.29) is 0 Å². The van der Waals surface area contributed by atoms with Crippen molar-refractivity contribution in [2.75, 3.05) is 7.11 Å². The number of ether oxygens (including phenoxy) is 1. The van der Waals surface area contributed by atoms with Crippen LogP contribution in [0.2, 0.25) is 0 Å². The van der Waals surface area contributed by atoms with E-state index in [2.05, 4.69) is 43.5 Å². The van der Waals surface area contributed by atoms with Gasteiger partial charge in [0.05, 0.1) is 20.8 Å². The number of aromatic nitrogens is 2. The summed E-state index contributed by atoms with van der Waals surface area (Å²) in [5.41, 5.74) is -0.248. The molecule has 2 aromatic rings. The van der Waals surface area contributed by atoms with Crippen LogP contribution in [0.5, 0.6) is 5.75 Å². The van der Waals surface area contributed by atoms with Crippen LogP contribution >= 0.6 is 38.5 Å². The fourth-order valence-corrected chi connectivity index (χ4v) is 3.31. The van der Waals surface area contributed by atoms with Crippen LogP contribution in [-0.2, 0) is 0 Å². The fourth-order valence-electron chi connectivity index (χ4n) is 1.50. The molecule has 0 aliphatic rings. The van der Waals surface area contributed by atoms with E-state index in [1.807, 2.05) is 0 Å². The molecule has 0 amide bonds. The molecular formula is C11H8BrIN2O3. The second kappa shape index (κ2) is 5.27. The van der Waals surface area contributed by atoms with Crippen molar-refractivity contribution < 1.29 is 4.74 Å². The lowest BCUT2D eigenvalue weighted by Gasteiger charge is -2.10. The topological polar surface area (TPSA) is 64.1 Å². The molecular weight excluding hydrogens is 415 g/mol. The average molecular weight is 423 g/mol. The van der Waals surface area contributed by atoms with Gasteiger partial charge in [-0.05, 0) is 50.7 Å². The number of nitrogens with zero attached hydrogens (tertiary/aromatic N) is 1. The minimum Gasteiger partial charge on any atom is -0.494 e. The maximum atomic E-state index is 11.7. The third-order valence-electron chi connectivity index (χ3n) is 2.29. The maximum absolute atomic E-state index is 11.7. The van der Waals surface area contributed by atoms with Crippen LogP contribution in [-0.4, -0.2) is 16.7 Å². The zero-order valence-corrected chi connectivity index (χ0v) is 13.0. The van der Waals surface area contributed by atoms with E-state index in [0.29, 0.717) is 11.4 Å². The first-order chi connectivity index (χ1) is 8.52. The molecule has 0 unspecified atom stereocenters. The Balaban J connectivity index is 2.65. The number of halogens is 2. The predicted molar refractivity (Wildman–Crippen MR) is 79.6 cm³/mol. The van der Waals surface area contributed by atoms with Crippen LogP contribution < -0.4 is 16.0 Å². The summed E-state index contributed by atoms with van der Waals surface area (Å²) in [6, 6.07) is 4.84. The molecule has 1 aromatic heterocycles. The molecule has 0 aliphatic heterocycles. The molecule has 2 rings (SSSR count). The van der Waals surface area contributed by atoms with Crippen LogP contribution in [0.1, 0.15) is 0 Å². The Morgan fingerprint density at radius 2 is 2.11 bits per heavy atom. The van der Waals surface area contributed by atoms with Crippen molar-refractivity contribution in [1.29, 1.82) is 0 Å². The minimum absolute atomic E-state index is 0.418. The molecule has 0 saturated heterocycles. The second-order valence-corrected chi connectivity index (χ2v) is 5.44. The summed E-state index contributed by atoms with van der Waals surface area (Å²) in [5, 5.41) is 0. The molecule has 0 bridgehead atoms. The van der Waals surface area contributed by atoms with Crippen LogP contribution in [0, 0.1) is 3.57 Å². The Labute approximate surface area is 124 Å². The molecule has 1 aromatic carbocycles. The third-order valence-corrected chi connectivity index (χ3v) is 3.68. The molecule has 0 radical (unpaired) electrons. The number of nitrogens with one attached hydrogen (secondary N) is 1. The van der Waals surface area contributed by atoms with Gasteiger partial charge in [-0.15, -0.1) is 0 Å². The van der Waals surface area contributed by atoms with Crippen molar-refractivity contribution in [2.24, 2.45) is 0 Å². The SMILES string of the molecule is COc1c(Br)cc(-n2ccc(=O)[nH]c2=O)cc1I. The molecule has 0 aliphatic carbocycles. The highest BCUT2D eigenvalue weighted by atomic mass is 127. The number of methoxy groups -OCH3 is 1. The van der Waals surface area contributed by atoms with Crippen molar-refractivity contribution in [2.45, 2.75) is 0 Å². The second-order valence-electron chi connectivity index (χ2n) is 3.42. The molecule has 0 spiro atoms. The Morgan fingerprint density at radius 1 is 1.39 bits per heavy atom. The van der Waals surface area contributed by atoms with Gasteiger partial charge in [-0.2, -0.15) is 0 Å². The number of hydrogen-bond acceptors (Lipinski definition) is 3. The lowest BCUT2D eigenvalue weighted by Crippen LogP contribution is -2.27. The normalized spacial score (nSPS) is 10.4. The van der Waals surface area contributed by atoms with Gasteiger partial charge in [0, 0.05) is 12.3 Å². The van der Waals surface area contributed by atoms with Gasteiger partial charge in [0.15, 0.2) is 0 Å². The van der Waals surface area contributed by atoms with Gasteiger partial charge < -0.3 is 4.74 Å². The highest BCUT2D eigenvalue weighted by Gasteiger charge is 2.09. The quantitative estimate of drug-likeness (QED) is 0.752. The smallest absolute Gasteiger partial charge is 0.332 e. The summed E-state index contributed by atoms with van der Waals surface area (Å²) in [6.45, 7) is 0. The van der Waals surface area contributed by atoms with Gasteiger partial charge in [-0.1, -0.05) is 0 Å². The minimum atomic E-state index is -0.477. The summed E-state index contributed by atoms with van der Waals surface area (Å²) < 4.78 is 8.17. The summed E-state index contributed by atoms with van der Waals surface area (Å²) in [7, 11) is 1.58. The van der Waals surface area contributed by atoms with Crippen LogP contribution in [0.25, 0.3) is 5.69 Å². The highest BCUT2D eigenvalue weighted by molar-refractivity contribution is 14.1. The van der Waals surface area contributed by atoms with Gasteiger partial charge >= 0.3 is 5.69 Å². The number of aromatic amines is 1. The lowest BCUT2D eigenvalue weighted by molar-refractivity contribution is 0.409. The first-order valence-corrected chi connectivity index (χ1v) is 6.75. The molecule has 0 fully saturated rings. The average Bonchev–Trinajstić information content (AvgIpc) is 2.28. The van der Waals surface area contributed by atoms with E-state index < -0.39 is 11.2 Å². The molecule has 7 heteroatoms. The van der Waals surface area contributed by atoms with E-state index in [0.717, 1.165) is 8.04 Å². The molecule has 0 atom stereocenters. The Kier molecular flexibility index (Phi) is 3.91. The summed E-state index contributed by atoms with van der Waals surface area (Å²) in [5.74, 6) is 0.705. The summed E-state index contributed by atoms with van der Waals surface area (Å²) in [6.07, 6.45) is 1.44. The van der Waals surface area contributed by atoms with Gasteiger partial charge in [-0.25, -0.2) is 4.79 Å². The zero-order chi connectivity index (χ0) is 13.3. The van der Waals surface area contributed by atoms with Crippen molar-refractivity contribution in [3.63, 3.8) is 0 Å². The van der Waals surface area contributed by atoms with Crippen molar-refractivity contribution in [1.82, 2.24) is 9.55 Å². The lowest BCUT2D eigenvalue weighted by atomic mass is 10.3. The van der Waals surface area contributed by atoms with Crippen molar-refractivity contribution in [3.8, 4) is 11.4 Å². The van der Waals surface area contributed by atoms with Gasteiger partial charge in [-0.3, -0.25) is 14.3 Å². The number of H-pyrrole nitrogens is 1. The monoisotopic (exact) mass is 422 g/mol. The molecule has 94 valence electrons. The zero-order valence-electron chi connectivity index (χ0n) is 9.24. The van der Waals surface area contributed by atoms with Crippen LogP contribution in [0.15, 0.2) is 38.5 Å².